The van der Waals surface area contributed by atoms with Gasteiger partial charge in [-0.1, -0.05) is 66.4 Å². The molecule has 0 spiro atoms. The topological polar surface area (TPSA) is 0 Å². The molecular formula is C12H15I. The first-order valence-electron chi connectivity index (χ1n) is 4.62. The van der Waals surface area contributed by atoms with E-state index in [2.05, 4.69) is 60.4 Å². The molecule has 70 valence electrons. The minimum atomic E-state index is 0.735. The normalized spacial score (nSPS) is 12.5. The lowest BCUT2D eigenvalue weighted by molar-refractivity contribution is 0.843. The molecule has 13 heavy (non-hydrogen) atoms. The van der Waals surface area contributed by atoms with Gasteiger partial charge in [0.1, 0.15) is 0 Å². The van der Waals surface area contributed by atoms with Crippen molar-refractivity contribution in [1.29, 1.82) is 0 Å². The van der Waals surface area contributed by atoms with Crippen LogP contribution in [0.1, 0.15) is 24.5 Å². The van der Waals surface area contributed by atoms with Gasteiger partial charge in [0.25, 0.3) is 0 Å². The summed E-state index contributed by atoms with van der Waals surface area (Å²) in [6.45, 7) is 6.05. The third-order valence-electron chi connectivity index (χ3n) is 2.16. The second kappa shape index (κ2) is 5.43. The van der Waals surface area contributed by atoms with E-state index in [9.17, 15) is 0 Å². The molecule has 1 aromatic rings. The van der Waals surface area contributed by atoms with E-state index in [4.69, 9.17) is 0 Å². The monoisotopic (exact) mass is 286 g/mol. The molecule has 0 heterocycles. The Bertz CT molecular complexity index is 278. The zero-order valence-electron chi connectivity index (χ0n) is 7.96. The van der Waals surface area contributed by atoms with Crippen molar-refractivity contribution in [3.8, 4) is 0 Å². The van der Waals surface area contributed by atoms with Crippen molar-refractivity contribution in [2.24, 2.45) is 0 Å². The van der Waals surface area contributed by atoms with Crippen molar-refractivity contribution in [3.63, 3.8) is 0 Å². The lowest BCUT2D eigenvalue weighted by atomic mass is 10.0. The first-order valence-corrected chi connectivity index (χ1v) is 5.87. The number of alkyl halides is 1. The number of rotatable bonds is 4. The summed E-state index contributed by atoms with van der Waals surface area (Å²) in [6, 6.07) is 8.48. The first kappa shape index (κ1) is 10.8. The molecular weight excluding hydrogens is 271 g/mol. The molecule has 0 radical (unpaired) electrons. The van der Waals surface area contributed by atoms with E-state index >= 15 is 0 Å². The first-order chi connectivity index (χ1) is 6.27. The van der Waals surface area contributed by atoms with Gasteiger partial charge >= 0.3 is 0 Å². The fourth-order valence-electron chi connectivity index (χ4n) is 1.30. The van der Waals surface area contributed by atoms with Crippen LogP contribution in [0.3, 0.4) is 0 Å². The van der Waals surface area contributed by atoms with Crippen LogP contribution in [0.4, 0.5) is 0 Å². The summed E-state index contributed by atoms with van der Waals surface area (Å²) in [5.74, 6) is 0. The van der Waals surface area contributed by atoms with Crippen molar-refractivity contribution in [2.75, 3.05) is 0 Å². The van der Waals surface area contributed by atoms with E-state index in [0.29, 0.717) is 0 Å². The molecule has 1 atom stereocenters. The standard InChI is InChI=1S/C12H15I/c1-3-10-7-5-6-8-11(10)9-12(13)4-2/h3,5-8,12H,1,4,9H2,2H3. The molecule has 0 aliphatic rings. The lowest BCUT2D eigenvalue weighted by Crippen LogP contribution is -2.01. The molecule has 0 N–H and O–H groups in total. The van der Waals surface area contributed by atoms with Gasteiger partial charge in [-0.05, 0) is 24.0 Å². The van der Waals surface area contributed by atoms with Gasteiger partial charge in [0.05, 0.1) is 0 Å². The molecule has 0 fully saturated rings. The van der Waals surface area contributed by atoms with Crippen molar-refractivity contribution in [2.45, 2.75) is 23.7 Å². The van der Waals surface area contributed by atoms with Crippen LogP contribution in [0.2, 0.25) is 0 Å². The molecule has 1 aromatic carbocycles. The Balaban J connectivity index is 2.80. The molecule has 1 heteroatoms. The van der Waals surface area contributed by atoms with Crippen LogP contribution in [0, 0.1) is 0 Å². The van der Waals surface area contributed by atoms with E-state index < -0.39 is 0 Å². The van der Waals surface area contributed by atoms with Gasteiger partial charge < -0.3 is 0 Å². The summed E-state index contributed by atoms with van der Waals surface area (Å²) in [6.07, 6.45) is 4.32. The minimum Gasteiger partial charge on any atom is -0.0985 e. The Morgan fingerprint density at radius 1 is 1.46 bits per heavy atom. The molecule has 0 aromatic heterocycles. The van der Waals surface area contributed by atoms with E-state index in [1.54, 1.807) is 0 Å². The number of hydrogen-bond acceptors (Lipinski definition) is 0. The van der Waals surface area contributed by atoms with Gasteiger partial charge in [-0.15, -0.1) is 0 Å². The van der Waals surface area contributed by atoms with E-state index in [-0.39, 0.29) is 0 Å². The van der Waals surface area contributed by atoms with Gasteiger partial charge in [0.15, 0.2) is 0 Å². The predicted octanol–water partition coefficient (Wildman–Crippen LogP) is 4.09. The third kappa shape index (κ3) is 3.14. The Hall–Kier alpha value is -0.310. The van der Waals surface area contributed by atoms with Crippen LogP contribution < -0.4 is 0 Å². The smallest absolute Gasteiger partial charge is 0.0148 e. The largest absolute Gasteiger partial charge is 0.0985 e. The van der Waals surface area contributed by atoms with Crippen LogP contribution in [0.25, 0.3) is 6.08 Å². The summed E-state index contributed by atoms with van der Waals surface area (Å²) >= 11 is 2.51. The van der Waals surface area contributed by atoms with Gasteiger partial charge in [-0.3, -0.25) is 0 Å². The molecule has 0 saturated carbocycles. The van der Waals surface area contributed by atoms with Gasteiger partial charge in [0.2, 0.25) is 0 Å². The Labute approximate surface area is 94.2 Å². The van der Waals surface area contributed by atoms with Crippen LogP contribution in [0.5, 0.6) is 0 Å². The molecule has 0 nitrogen and oxygen atoms in total. The lowest BCUT2D eigenvalue weighted by Gasteiger charge is -2.09. The zero-order chi connectivity index (χ0) is 9.68. The molecule has 1 unspecified atom stereocenters. The molecule has 1 rings (SSSR count). The van der Waals surface area contributed by atoms with Crippen LogP contribution in [-0.2, 0) is 6.42 Å². The van der Waals surface area contributed by atoms with Gasteiger partial charge in [0, 0.05) is 3.92 Å². The summed E-state index contributed by atoms with van der Waals surface area (Å²) in [4.78, 5) is 0. The Kier molecular flexibility index (Phi) is 4.50. The summed E-state index contributed by atoms with van der Waals surface area (Å²) in [5, 5.41) is 0. The van der Waals surface area contributed by atoms with Crippen LogP contribution >= 0.6 is 22.6 Å². The maximum Gasteiger partial charge on any atom is 0.0148 e. The third-order valence-corrected chi connectivity index (χ3v) is 3.48. The summed E-state index contributed by atoms with van der Waals surface area (Å²) in [5.41, 5.74) is 2.69. The quantitative estimate of drug-likeness (QED) is 0.578. The average Bonchev–Trinajstić information content (AvgIpc) is 2.18. The maximum absolute atomic E-state index is 3.82. The zero-order valence-corrected chi connectivity index (χ0v) is 10.1. The maximum atomic E-state index is 3.82. The predicted molar refractivity (Wildman–Crippen MR) is 68.3 cm³/mol. The van der Waals surface area contributed by atoms with Crippen molar-refractivity contribution < 1.29 is 0 Å². The molecule has 0 saturated heterocycles. The van der Waals surface area contributed by atoms with Crippen molar-refractivity contribution in [1.82, 2.24) is 0 Å². The molecule has 0 aliphatic carbocycles. The van der Waals surface area contributed by atoms with Crippen molar-refractivity contribution in [3.05, 3.63) is 42.0 Å². The molecule has 0 amide bonds. The van der Waals surface area contributed by atoms with E-state index in [1.807, 2.05) is 6.08 Å². The average molecular weight is 286 g/mol. The fraction of sp³-hybridized carbons (Fsp3) is 0.333. The highest BCUT2D eigenvalue weighted by atomic mass is 127. The number of halogens is 1. The number of benzene rings is 1. The second-order valence-corrected chi connectivity index (χ2v) is 4.87. The Morgan fingerprint density at radius 3 is 2.77 bits per heavy atom. The minimum absolute atomic E-state index is 0.735. The highest BCUT2D eigenvalue weighted by Gasteiger charge is 2.04. The fourth-order valence-corrected chi connectivity index (χ4v) is 1.78. The van der Waals surface area contributed by atoms with Crippen LogP contribution in [-0.4, -0.2) is 3.92 Å². The van der Waals surface area contributed by atoms with Gasteiger partial charge in [-0.2, -0.15) is 0 Å². The van der Waals surface area contributed by atoms with E-state index in [1.165, 1.54) is 17.5 Å². The summed E-state index contributed by atoms with van der Waals surface area (Å²) < 4.78 is 0.735. The van der Waals surface area contributed by atoms with Gasteiger partial charge in [-0.25, -0.2) is 0 Å². The van der Waals surface area contributed by atoms with Crippen molar-refractivity contribution >= 4 is 28.7 Å². The van der Waals surface area contributed by atoms with E-state index in [0.717, 1.165) is 10.3 Å². The highest BCUT2D eigenvalue weighted by Crippen LogP contribution is 2.17. The molecule has 0 aliphatic heterocycles. The number of hydrogen-bond donors (Lipinski definition) is 0. The second-order valence-electron chi connectivity index (χ2n) is 3.11. The highest BCUT2D eigenvalue weighted by molar-refractivity contribution is 14.1. The van der Waals surface area contributed by atoms with Crippen LogP contribution in [0.15, 0.2) is 30.8 Å². The summed E-state index contributed by atoms with van der Waals surface area (Å²) in [7, 11) is 0. The SMILES string of the molecule is C=Cc1ccccc1CC(I)CC. The molecule has 0 bridgehead atoms. The Morgan fingerprint density at radius 2 is 2.15 bits per heavy atom.